The third-order valence-corrected chi connectivity index (χ3v) is 6.36. The van der Waals surface area contributed by atoms with Crippen LogP contribution in [0.3, 0.4) is 0 Å². The molecule has 9 nitrogen and oxygen atoms in total. The van der Waals surface area contributed by atoms with Gasteiger partial charge in [-0.15, -0.1) is 0 Å². The van der Waals surface area contributed by atoms with Crippen LogP contribution in [0, 0.1) is 16.0 Å². The second-order valence-electron chi connectivity index (χ2n) is 8.35. The van der Waals surface area contributed by atoms with Crippen LogP contribution in [0.25, 0.3) is 0 Å². The Morgan fingerprint density at radius 3 is 2.68 bits per heavy atom. The van der Waals surface area contributed by atoms with Crippen LogP contribution in [0.1, 0.15) is 31.2 Å². The van der Waals surface area contributed by atoms with Crippen molar-refractivity contribution in [3.63, 3.8) is 0 Å². The fourth-order valence-corrected chi connectivity index (χ4v) is 4.69. The lowest BCUT2D eigenvalue weighted by molar-refractivity contribution is -0.384. The molecule has 10 heteroatoms. The normalized spacial score (nSPS) is 23.7. The second kappa shape index (κ2) is 10.8. The smallest absolute Gasteiger partial charge is 0.407 e. The molecule has 170 valence electrons. The second-order valence-corrected chi connectivity index (χ2v) is 9.08. The number of nitrogens with zero attached hydrogens (tertiary/aromatic N) is 3. The summed E-state index contributed by atoms with van der Waals surface area (Å²) in [5.74, 6) is 0.676. The molecule has 2 heterocycles. The van der Waals surface area contributed by atoms with Gasteiger partial charge in [0.25, 0.3) is 5.69 Å². The molecule has 3 atom stereocenters. The molecule has 1 aromatic rings. The zero-order valence-electron chi connectivity index (χ0n) is 17.7. The van der Waals surface area contributed by atoms with Crippen molar-refractivity contribution in [2.45, 2.75) is 43.6 Å². The van der Waals surface area contributed by atoms with E-state index in [1.807, 2.05) is 11.9 Å². The predicted molar refractivity (Wildman–Crippen MR) is 119 cm³/mol. The molecule has 3 rings (SSSR count). The summed E-state index contributed by atoms with van der Waals surface area (Å²) in [5.41, 5.74) is 0.690. The van der Waals surface area contributed by atoms with Crippen molar-refractivity contribution < 1.29 is 19.2 Å². The van der Waals surface area contributed by atoms with Crippen LogP contribution in [0.2, 0.25) is 0 Å². The Labute approximate surface area is 187 Å². The first-order chi connectivity index (χ1) is 14.8. The van der Waals surface area contributed by atoms with Crippen molar-refractivity contribution in [3.05, 3.63) is 39.9 Å². The SMILES string of the molecule is CN1C[C@@H](S)C[C@H]1C(=O)N1CC[C@H](CCCNC(=O)OCc2ccc([N+](=O)[O-])cc2)C1. The average Bonchev–Trinajstić information content (AvgIpc) is 3.35. The minimum Gasteiger partial charge on any atom is -0.445 e. The van der Waals surface area contributed by atoms with Crippen LogP contribution in [-0.2, 0) is 16.1 Å². The molecule has 0 unspecified atom stereocenters. The summed E-state index contributed by atoms with van der Waals surface area (Å²) in [5, 5.41) is 13.6. The van der Waals surface area contributed by atoms with Crippen molar-refractivity contribution in [2.24, 2.45) is 5.92 Å². The lowest BCUT2D eigenvalue weighted by Crippen LogP contribution is -2.43. The van der Waals surface area contributed by atoms with Crippen LogP contribution in [0.5, 0.6) is 0 Å². The van der Waals surface area contributed by atoms with Gasteiger partial charge in [-0.05, 0) is 56.3 Å². The van der Waals surface area contributed by atoms with Crippen molar-refractivity contribution in [1.29, 1.82) is 0 Å². The largest absolute Gasteiger partial charge is 0.445 e. The topological polar surface area (TPSA) is 105 Å². The summed E-state index contributed by atoms with van der Waals surface area (Å²) in [4.78, 5) is 38.8. The molecule has 0 aromatic heterocycles. The van der Waals surface area contributed by atoms with E-state index < -0.39 is 11.0 Å². The lowest BCUT2D eigenvalue weighted by Gasteiger charge is -2.25. The number of likely N-dealkylation sites (tertiary alicyclic amines) is 2. The molecule has 2 amide bonds. The number of thiol groups is 1. The van der Waals surface area contributed by atoms with Gasteiger partial charge in [0.15, 0.2) is 0 Å². The fraction of sp³-hybridized carbons (Fsp3) is 0.619. The van der Waals surface area contributed by atoms with Crippen LogP contribution in [-0.4, -0.2) is 71.2 Å². The van der Waals surface area contributed by atoms with E-state index in [2.05, 4.69) is 22.8 Å². The van der Waals surface area contributed by atoms with E-state index in [1.54, 1.807) is 12.1 Å². The van der Waals surface area contributed by atoms with Gasteiger partial charge in [0, 0.05) is 43.6 Å². The molecule has 2 fully saturated rings. The summed E-state index contributed by atoms with van der Waals surface area (Å²) in [6.45, 7) is 3.01. The van der Waals surface area contributed by atoms with Crippen LogP contribution in [0.4, 0.5) is 10.5 Å². The minimum absolute atomic E-state index is 0.00143. The van der Waals surface area contributed by atoms with E-state index in [0.717, 1.165) is 45.3 Å². The lowest BCUT2D eigenvalue weighted by atomic mass is 10.0. The van der Waals surface area contributed by atoms with Crippen LogP contribution < -0.4 is 5.32 Å². The fourth-order valence-electron chi connectivity index (χ4n) is 4.24. The number of nitrogens with one attached hydrogen (secondary N) is 1. The molecule has 0 spiro atoms. The predicted octanol–water partition coefficient (Wildman–Crippen LogP) is 2.45. The molecule has 1 aromatic carbocycles. The highest BCUT2D eigenvalue weighted by molar-refractivity contribution is 7.81. The van der Waals surface area contributed by atoms with E-state index in [9.17, 15) is 19.7 Å². The molecule has 31 heavy (non-hydrogen) atoms. The molecular weight excluding hydrogens is 420 g/mol. The van der Waals surface area contributed by atoms with Crippen molar-refractivity contribution >= 4 is 30.3 Å². The van der Waals surface area contributed by atoms with Gasteiger partial charge in [-0.1, -0.05) is 0 Å². The Bertz CT molecular complexity index is 790. The van der Waals surface area contributed by atoms with Gasteiger partial charge in [0.2, 0.25) is 5.91 Å². The number of ether oxygens (including phenoxy) is 1. The van der Waals surface area contributed by atoms with Crippen LogP contribution in [0.15, 0.2) is 24.3 Å². The first-order valence-corrected chi connectivity index (χ1v) is 11.2. The molecule has 0 radical (unpaired) electrons. The third kappa shape index (κ3) is 6.57. The number of nitro groups is 1. The maximum Gasteiger partial charge on any atom is 0.407 e. The Morgan fingerprint density at radius 1 is 1.29 bits per heavy atom. The quantitative estimate of drug-likeness (QED) is 0.273. The molecule has 2 saturated heterocycles. The molecule has 2 aliphatic rings. The van der Waals surface area contributed by atoms with Gasteiger partial charge in [0.1, 0.15) is 6.61 Å². The van der Waals surface area contributed by atoms with Gasteiger partial charge < -0.3 is 15.0 Å². The average molecular weight is 451 g/mol. The number of benzene rings is 1. The van der Waals surface area contributed by atoms with Crippen molar-refractivity contribution in [1.82, 2.24) is 15.1 Å². The van der Waals surface area contributed by atoms with Gasteiger partial charge in [-0.3, -0.25) is 19.8 Å². The highest BCUT2D eigenvalue weighted by atomic mass is 32.1. The summed E-state index contributed by atoms with van der Waals surface area (Å²) >= 11 is 4.50. The Balaban J connectivity index is 1.29. The zero-order valence-corrected chi connectivity index (χ0v) is 18.6. The summed E-state index contributed by atoms with van der Waals surface area (Å²) in [6.07, 6.45) is 3.07. The Hall–Kier alpha value is -2.33. The number of likely N-dealkylation sites (N-methyl/N-ethyl adjacent to an activating group) is 1. The van der Waals surface area contributed by atoms with Gasteiger partial charge >= 0.3 is 6.09 Å². The minimum atomic E-state index is -0.507. The number of rotatable bonds is 8. The van der Waals surface area contributed by atoms with Crippen LogP contribution >= 0.6 is 12.6 Å². The van der Waals surface area contributed by atoms with E-state index >= 15 is 0 Å². The van der Waals surface area contributed by atoms with E-state index in [0.29, 0.717) is 18.0 Å². The Morgan fingerprint density at radius 2 is 2.03 bits per heavy atom. The number of non-ortho nitro benzene ring substituents is 1. The summed E-state index contributed by atoms with van der Waals surface area (Å²) in [7, 11) is 1.98. The number of alkyl carbamates (subject to hydrolysis) is 1. The maximum atomic E-state index is 12.8. The summed E-state index contributed by atoms with van der Waals surface area (Å²) in [6, 6.07) is 5.85. The number of hydrogen-bond donors (Lipinski definition) is 2. The number of carbonyl (C=O) groups excluding carboxylic acids is 2. The molecular formula is C21H30N4O5S. The number of hydrogen-bond acceptors (Lipinski definition) is 7. The monoisotopic (exact) mass is 450 g/mol. The number of carbonyl (C=O) groups is 2. The Kier molecular flexibility index (Phi) is 8.14. The molecule has 0 bridgehead atoms. The van der Waals surface area contributed by atoms with Crippen molar-refractivity contribution in [2.75, 3.05) is 33.2 Å². The molecule has 0 aliphatic carbocycles. The van der Waals surface area contributed by atoms with Crippen molar-refractivity contribution in [3.8, 4) is 0 Å². The van der Waals surface area contributed by atoms with E-state index in [-0.39, 0.29) is 29.5 Å². The van der Waals surface area contributed by atoms with E-state index in [1.165, 1.54) is 12.1 Å². The summed E-state index contributed by atoms with van der Waals surface area (Å²) < 4.78 is 5.14. The molecule has 1 N–H and O–H groups in total. The first kappa shape index (κ1) is 23.3. The van der Waals surface area contributed by atoms with Gasteiger partial charge in [-0.25, -0.2) is 4.79 Å². The molecule has 2 aliphatic heterocycles. The maximum absolute atomic E-state index is 12.8. The third-order valence-electron chi connectivity index (χ3n) is 5.98. The van der Waals surface area contributed by atoms with E-state index in [4.69, 9.17) is 4.74 Å². The highest BCUT2D eigenvalue weighted by Crippen LogP contribution is 2.26. The number of nitro benzene ring substituents is 1. The standard InChI is InChI=1S/C21H30N4O5S/c1-23-13-18(31)11-19(23)20(26)24-10-8-15(12-24)3-2-9-22-21(27)30-14-16-4-6-17(7-5-16)25(28)29/h4-7,15,18-19,31H,2-3,8-14H2,1H3,(H,22,27)/t15-,18-,19-/m0/s1. The first-order valence-electron chi connectivity index (χ1n) is 10.6. The van der Waals surface area contributed by atoms with Gasteiger partial charge in [-0.2, -0.15) is 12.6 Å². The van der Waals surface area contributed by atoms with Gasteiger partial charge in [0.05, 0.1) is 11.0 Å². The zero-order chi connectivity index (χ0) is 22.4. The number of amides is 2. The highest BCUT2D eigenvalue weighted by Gasteiger charge is 2.37. The molecule has 0 saturated carbocycles.